The first-order valence-corrected chi connectivity index (χ1v) is 8.06. The Hall–Kier alpha value is -1.59. The van der Waals surface area contributed by atoms with Crippen molar-refractivity contribution in [3.05, 3.63) is 28.4 Å². The SMILES string of the molecule is CC(=O)NCCn1nc(C)c2c(Cl)cc(CNC3CC3)cc21. The van der Waals surface area contributed by atoms with Crippen LogP contribution in [0.25, 0.3) is 10.9 Å². The fourth-order valence-corrected chi connectivity index (χ4v) is 3.03. The summed E-state index contributed by atoms with van der Waals surface area (Å²) in [4.78, 5) is 11.0. The molecule has 1 fully saturated rings. The molecule has 0 unspecified atom stereocenters. The van der Waals surface area contributed by atoms with Crippen molar-refractivity contribution in [2.45, 2.75) is 45.8 Å². The van der Waals surface area contributed by atoms with Crippen LogP contribution in [0.5, 0.6) is 0 Å². The highest BCUT2D eigenvalue weighted by atomic mass is 35.5. The van der Waals surface area contributed by atoms with Crippen LogP contribution < -0.4 is 10.6 Å². The first-order chi connectivity index (χ1) is 10.5. The third-order valence-electron chi connectivity index (χ3n) is 3.91. The van der Waals surface area contributed by atoms with Gasteiger partial charge in [-0.05, 0) is 37.5 Å². The molecule has 0 spiro atoms. The van der Waals surface area contributed by atoms with Crippen LogP contribution in [0.2, 0.25) is 5.02 Å². The quantitative estimate of drug-likeness (QED) is 0.859. The van der Waals surface area contributed by atoms with E-state index in [0.717, 1.165) is 28.2 Å². The van der Waals surface area contributed by atoms with E-state index in [0.29, 0.717) is 19.1 Å². The van der Waals surface area contributed by atoms with E-state index >= 15 is 0 Å². The summed E-state index contributed by atoms with van der Waals surface area (Å²) in [5, 5.41) is 12.6. The maximum Gasteiger partial charge on any atom is 0.216 e. The molecule has 118 valence electrons. The van der Waals surface area contributed by atoms with Gasteiger partial charge in [-0.3, -0.25) is 9.48 Å². The fraction of sp³-hybridized carbons (Fsp3) is 0.500. The molecule has 2 N–H and O–H groups in total. The number of aromatic nitrogens is 2. The van der Waals surface area contributed by atoms with Crippen molar-refractivity contribution in [1.29, 1.82) is 0 Å². The minimum Gasteiger partial charge on any atom is -0.354 e. The monoisotopic (exact) mass is 320 g/mol. The van der Waals surface area contributed by atoms with E-state index in [1.165, 1.54) is 25.3 Å². The molecule has 1 heterocycles. The highest BCUT2D eigenvalue weighted by Gasteiger charge is 2.20. The van der Waals surface area contributed by atoms with E-state index in [4.69, 9.17) is 11.6 Å². The molecule has 5 nitrogen and oxygen atoms in total. The fourth-order valence-electron chi connectivity index (χ4n) is 2.65. The Morgan fingerprint density at radius 2 is 2.23 bits per heavy atom. The minimum absolute atomic E-state index is 0.0273. The van der Waals surface area contributed by atoms with Gasteiger partial charge in [-0.25, -0.2) is 0 Å². The van der Waals surface area contributed by atoms with E-state index in [2.05, 4.69) is 21.8 Å². The van der Waals surface area contributed by atoms with Crippen molar-refractivity contribution in [3.8, 4) is 0 Å². The molecule has 1 amide bonds. The summed E-state index contributed by atoms with van der Waals surface area (Å²) < 4.78 is 1.92. The Bertz CT molecular complexity index is 706. The number of rotatable bonds is 6. The van der Waals surface area contributed by atoms with Gasteiger partial charge in [0.05, 0.1) is 22.8 Å². The number of hydrogen-bond donors (Lipinski definition) is 2. The molecule has 1 aliphatic rings. The van der Waals surface area contributed by atoms with Gasteiger partial charge in [0.1, 0.15) is 0 Å². The lowest BCUT2D eigenvalue weighted by Crippen LogP contribution is -2.24. The summed E-state index contributed by atoms with van der Waals surface area (Å²) in [5.41, 5.74) is 3.12. The number of carbonyl (C=O) groups is 1. The van der Waals surface area contributed by atoms with Crippen LogP contribution in [-0.4, -0.2) is 28.3 Å². The maximum absolute atomic E-state index is 11.0. The summed E-state index contributed by atoms with van der Waals surface area (Å²) in [7, 11) is 0. The Morgan fingerprint density at radius 3 is 2.91 bits per heavy atom. The van der Waals surface area contributed by atoms with Crippen molar-refractivity contribution >= 4 is 28.4 Å². The molecule has 3 rings (SSSR count). The number of aryl methyl sites for hydroxylation is 1. The molecule has 22 heavy (non-hydrogen) atoms. The first-order valence-electron chi connectivity index (χ1n) is 7.68. The molecule has 1 aromatic heterocycles. The van der Waals surface area contributed by atoms with Crippen molar-refractivity contribution in [1.82, 2.24) is 20.4 Å². The molecule has 1 aromatic carbocycles. The number of nitrogens with zero attached hydrogens (tertiary/aromatic N) is 2. The lowest BCUT2D eigenvalue weighted by Gasteiger charge is -2.08. The summed E-state index contributed by atoms with van der Waals surface area (Å²) in [6.45, 7) is 5.51. The van der Waals surface area contributed by atoms with Crippen LogP contribution in [0.15, 0.2) is 12.1 Å². The van der Waals surface area contributed by atoms with Gasteiger partial charge in [0.2, 0.25) is 5.91 Å². The van der Waals surface area contributed by atoms with E-state index in [1.807, 2.05) is 17.7 Å². The van der Waals surface area contributed by atoms with E-state index in [9.17, 15) is 4.79 Å². The van der Waals surface area contributed by atoms with Gasteiger partial charge in [-0.15, -0.1) is 0 Å². The van der Waals surface area contributed by atoms with Crippen molar-refractivity contribution in [2.75, 3.05) is 6.54 Å². The van der Waals surface area contributed by atoms with Crippen LogP contribution in [0.1, 0.15) is 31.0 Å². The number of fused-ring (bicyclic) bond motifs is 1. The normalized spacial score (nSPS) is 14.5. The van der Waals surface area contributed by atoms with Gasteiger partial charge in [0.15, 0.2) is 0 Å². The van der Waals surface area contributed by atoms with Crippen molar-refractivity contribution in [3.63, 3.8) is 0 Å². The molecule has 1 saturated carbocycles. The predicted molar refractivity (Wildman–Crippen MR) is 88.0 cm³/mol. The van der Waals surface area contributed by atoms with Crippen LogP contribution in [0.3, 0.4) is 0 Å². The lowest BCUT2D eigenvalue weighted by molar-refractivity contribution is -0.118. The Kier molecular flexibility index (Phi) is 4.36. The summed E-state index contributed by atoms with van der Waals surface area (Å²) in [5.74, 6) is -0.0273. The Balaban J connectivity index is 1.85. The standard InChI is InChI=1S/C16H21ClN4O/c1-10-16-14(17)7-12(9-19-13-3-4-13)8-15(16)21(20-10)6-5-18-11(2)22/h7-8,13,19H,3-6,9H2,1-2H3,(H,18,22). The zero-order valence-corrected chi connectivity index (χ0v) is 13.7. The molecule has 0 saturated heterocycles. The van der Waals surface area contributed by atoms with Crippen molar-refractivity contribution in [2.24, 2.45) is 0 Å². The summed E-state index contributed by atoms with van der Waals surface area (Å²) in [6.07, 6.45) is 2.54. The highest BCUT2D eigenvalue weighted by molar-refractivity contribution is 6.35. The van der Waals surface area contributed by atoms with E-state index in [1.54, 1.807) is 0 Å². The third kappa shape index (κ3) is 3.42. The van der Waals surface area contributed by atoms with Gasteiger partial charge < -0.3 is 10.6 Å². The number of nitrogens with one attached hydrogen (secondary N) is 2. The molecular weight excluding hydrogens is 300 g/mol. The van der Waals surface area contributed by atoms with E-state index < -0.39 is 0 Å². The molecule has 0 atom stereocenters. The average Bonchev–Trinajstić information content (AvgIpc) is 3.22. The first kappa shape index (κ1) is 15.3. The second-order valence-electron chi connectivity index (χ2n) is 5.92. The van der Waals surface area contributed by atoms with Crippen LogP contribution in [-0.2, 0) is 17.9 Å². The van der Waals surface area contributed by atoms with Gasteiger partial charge in [-0.1, -0.05) is 11.6 Å². The molecular formula is C16H21ClN4O. The van der Waals surface area contributed by atoms with Gasteiger partial charge in [0.25, 0.3) is 0 Å². The third-order valence-corrected chi connectivity index (χ3v) is 4.21. The van der Waals surface area contributed by atoms with E-state index in [-0.39, 0.29) is 5.91 Å². The number of benzene rings is 1. The van der Waals surface area contributed by atoms with Gasteiger partial charge in [0, 0.05) is 31.4 Å². The summed E-state index contributed by atoms with van der Waals surface area (Å²) >= 11 is 6.45. The number of amides is 1. The Labute approximate surface area is 135 Å². The smallest absolute Gasteiger partial charge is 0.216 e. The van der Waals surface area contributed by atoms with Crippen LogP contribution >= 0.6 is 11.6 Å². The second-order valence-corrected chi connectivity index (χ2v) is 6.33. The molecule has 0 bridgehead atoms. The zero-order chi connectivity index (χ0) is 15.7. The zero-order valence-electron chi connectivity index (χ0n) is 12.9. The predicted octanol–water partition coefficient (Wildman–Crippen LogP) is 2.39. The molecule has 2 aromatic rings. The van der Waals surface area contributed by atoms with Gasteiger partial charge in [-0.2, -0.15) is 5.10 Å². The number of carbonyl (C=O) groups excluding carboxylic acids is 1. The van der Waals surface area contributed by atoms with Gasteiger partial charge >= 0.3 is 0 Å². The van der Waals surface area contributed by atoms with Crippen molar-refractivity contribution < 1.29 is 4.79 Å². The topological polar surface area (TPSA) is 59.0 Å². The summed E-state index contributed by atoms with van der Waals surface area (Å²) in [6, 6.07) is 4.83. The number of hydrogen-bond acceptors (Lipinski definition) is 3. The molecule has 0 radical (unpaired) electrons. The molecule has 0 aliphatic heterocycles. The van der Waals surface area contributed by atoms with Crippen LogP contribution in [0.4, 0.5) is 0 Å². The lowest BCUT2D eigenvalue weighted by atomic mass is 10.1. The minimum atomic E-state index is -0.0273. The average molecular weight is 321 g/mol. The second kappa shape index (κ2) is 6.26. The number of halogens is 1. The maximum atomic E-state index is 11.0. The molecule has 6 heteroatoms. The largest absolute Gasteiger partial charge is 0.354 e. The van der Waals surface area contributed by atoms with Crippen LogP contribution in [0, 0.1) is 6.92 Å². The molecule has 1 aliphatic carbocycles. The highest BCUT2D eigenvalue weighted by Crippen LogP contribution is 2.29. The Morgan fingerprint density at radius 1 is 1.45 bits per heavy atom.